The number of carbonyl (C=O) groups excluding carboxylic acids is 1. The summed E-state index contributed by atoms with van der Waals surface area (Å²) in [6.45, 7) is 6.30. The van der Waals surface area contributed by atoms with E-state index < -0.39 is 0 Å². The number of hydrogen-bond donors (Lipinski definition) is 0. The smallest absolute Gasteiger partial charge is 0.251 e. The number of carbonyl (C=O) groups is 1. The predicted octanol–water partition coefficient (Wildman–Crippen LogP) is 2.00. The van der Waals surface area contributed by atoms with E-state index in [1.807, 2.05) is 35.8 Å². The molecule has 2 heterocycles. The van der Waals surface area contributed by atoms with Gasteiger partial charge in [-0.15, -0.1) is 0 Å². The second kappa shape index (κ2) is 6.18. The predicted molar refractivity (Wildman–Crippen MR) is 79.8 cm³/mol. The maximum absolute atomic E-state index is 12.6. The highest BCUT2D eigenvalue weighted by Crippen LogP contribution is 2.29. The minimum absolute atomic E-state index is 0.141. The van der Waals surface area contributed by atoms with Crippen molar-refractivity contribution in [2.45, 2.75) is 58.2 Å². The second-order valence-electron chi connectivity index (χ2n) is 6.49. The average Bonchev–Trinajstić information content (AvgIpc) is 3.04. The van der Waals surface area contributed by atoms with Crippen LogP contribution >= 0.6 is 0 Å². The van der Waals surface area contributed by atoms with Crippen LogP contribution in [0.1, 0.15) is 38.2 Å². The zero-order valence-corrected chi connectivity index (χ0v) is 13.0. The molecular weight excluding hydrogens is 266 g/mol. The first kappa shape index (κ1) is 14.6. The molecule has 5 heteroatoms. The van der Waals surface area contributed by atoms with Crippen molar-refractivity contribution < 1.29 is 9.53 Å². The third kappa shape index (κ3) is 3.64. The molecule has 2 atom stereocenters. The molecule has 5 nitrogen and oxygen atoms in total. The van der Waals surface area contributed by atoms with Crippen LogP contribution in [-0.2, 0) is 16.1 Å². The number of nitrogens with zero attached hydrogens (tertiary/aromatic N) is 3. The third-order valence-electron chi connectivity index (χ3n) is 4.45. The van der Waals surface area contributed by atoms with Gasteiger partial charge in [-0.1, -0.05) is 0 Å². The van der Waals surface area contributed by atoms with Gasteiger partial charge >= 0.3 is 0 Å². The van der Waals surface area contributed by atoms with Gasteiger partial charge < -0.3 is 9.64 Å². The molecule has 1 aliphatic heterocycles. The highest BCUT2D eigenvalue weighted by Gasteiger charge is 2.33. The number of likely N-dealkylation sites (tertiary alicyclic amines) is 1. The third-order valence-corrected chi connectivity index (χ3v) is 4.45. The van der Waals surface area contributed by atoms with Crippen molar-refractivity contribution >= 4 is 5.91 Å². The van der Waals surface area contributed by atoms with Crippen LogP contribution in [0.25, 0.3) is 0 Å². The van der Waals surface area contributed by atoms with E-state index in [1.54, 1.807) is 0 Å². The van der Waals surface area contributed by atoms with Crippen LogP contribution in [0.5, 0.6) is 0 Å². The Morgan fingerprint density at radius 1 is 1.48 bits per heavy atom. The molecule has 3 rings (SSSR count). The lowest BCUT2D eigenvalue weighted by atomic mass is 10.2. The first-order valence-corrected chi connectivity index (χ1v) is 8.04. The van der Waals surface area contributed by atoms with E-state index in [-0.39, 0.29) is 18.1 Å². The standard InChI is InChI=1S/C16H25N3O2/c1-12-8-17-18(9-12)10-15-4-3-7-19(15)16(20)13(2)21-11-14-5-6-14/h8-9,13-15H,3-7,10-11H2,1-2H3/t13-,15-/m0/s1. The molecule has 1 aromatic heterocycles. The lowest BCUT2D eigenvalue weighted by Crippen LogP contribution is -2.43. The highest BCUT2D eigenvalue weighted by molar-refractivity contribution is 5.81. The fraction of sp³-hybridized carbons (Fsp3) is 0.750. The van der Waals surface area contributed by atoms with Crippen LogP contribution in [0.4, 0.5) is 0 Å². The molecule has 21 heavy (non-hydrogen) atoms. The summed E-state index contributed by atoms with van der Waals surface area (Å²) >= 11 is 0. The Morgan fingerprint density at radius 3 is 2.95 bits per heavy atom. The van der Waals surface area contributed by atoms with Gasteiger partial charge in [-0.25, -0.2) is 0 Å². The topological polar surface area (TPSA) is 47.4 Å². The lowest BCUT2D eigenvalue weighted by Gasteiger charge is -2.27. The molecule has 2 aliphatic rings. The van der Waals surface area contributed by atoms with Gasteiger partial charge in [0.25, 0.3) is 5.91 Å². The van der Waals surface area contributed by atoms with E-state index in [0.717, 1.165) is 38.1 Å². The van der Waals surface area contributed by atoms with Gasteiger partial charge in [-0.05, 0) is 51.0 Å². The maximum Gasteiger partial charge on any atom is 0.251 e. The van der Waals surface area contributed by atoms with E-state index in [9.17, 15) is 4.79 Å². The van der Waals surface area contributed by atoms with Crippen LogP contribution in [0.3, 0.4) is 0 Å². The quantitative estimate of drug-likeness (QED) is 0.805. The van der Waals surface area contributed by atoms with E-state index in [1.165, 1.54) is 12.8 Å². The summed E-state index contributed by atoms with van der Waals surface area (Å²) in [6.07, 6.45) is 8.23. The molecule has 1 amide bonds. The zero-order chi connectivity index (χ0) is 14.8. The van der Waals surface area contributed by atoms with Crippen LogP contribution in [0, 0.1) is 12.8 Å². The molecule has 0 bridgehead atoms. The minimum atomic E-state index is -0.314. The fourth-order valence-electron chi connectivity index (χ4n) is 2.97. The number of amides is 1. The Kier molecular flexibility index (Phi) is 4.29. The summed E-state index contributed by atoms with van der Waals surface area (Å²) in [7, 11) is 0. The van der Waals surface area contributed by atoms with Crippen molar-refractivity contribution in [3.8, 4) is 0 Å². The Labute approximate surface area is 126 Å². The summed E-state index contributed by atoms with van der Waals surface area (Å²) in [6, 6.07) is 0.253. The lowest BCUT2D eigenvalue weighted by molar-refractivity contribution is -0.144. The van der Waals surface area contributed by atoms with Crippen molar-refractivity contribution in [2.75, 3.05) is 13.2 Å². The Bertz CT molecular complexity index is 495. The number of ether oxygens (including phenoxy) is 1. The molecule has 1 aliphatic carbocycles. The van der Waals surface area contributed by atoms with E-state index in [2.05, 4.69) is 5.10 Å². The van der Waals surface area contributed by atoms with Crippen LogP contribution in [0.2, 0.25) is 0 Å². The first-order valence-electron chi connectivity index (χ1n) is 8.04. The second-order valence-corrected chi connectivity index (χ2v) is 6.49. The largest absolute Gasteiger partial charge is 0.368 e. The molecule has 0 unspecified atom stereocenters. The van der Waals surface area contributed by atoms with Crippen LogP contribution in [0.15, 0.2) is 12.4 Å². The van der Waals surface area contributed by atoms with E-state index in [4.69, 9.17) is 4.74 Å². The average molecular weight is 291 g/mol. The summed E-state index contributed by atoms with van der Waals surface area (Å²) in [5, 5.41) is 4.33. The molecule has 0 N–H and O–H groups in total. The number of hydrogen-bond acceptors (Lipinski definition) is 3. The molecule has 1 aromatic rings. The molecular formula is C16H25N3O2. The number of rotatable bonds is 6. The SMILES string of the molecule is Cc1cnn(C[C@@H]2CCCN2C(=O)[C@H](C)OCC2CC2)c1. The highest BCUT2D eigenvalue weighted by atomic mass is 16.5. The van der Waals surface area contributed by atoms with Gasteiger partial charge in [0.05, 0.1) is 25.4 Å². The van der Waals surface area contributed by atoms with Gasteiger partial charge in [0.2, 0.25) is 0 Å². The van der Waals surface area contributed by atoms with Crippen molar-refractivity contribution in [3.05, 3.63) is 18.0 Å². The summed E-state index contributed by atoms with van der Waals surface area (Å²) < 4.78 is 7.67. The van der Waals surface area contributed by atoms with E-state index in [0.29, 0.717) is 5.92 Å². The molecule has 1 saturated carbocycles. The molecule has 1 saturated heterocycles. The molecule has 0 spiro atoms. The van der Waals surface area contributed by atoms with Crippen molar-refractivity contribution in [1.82, 2.24) is 14.7 Å². The summed E-state index contributed by atoms with van der Waals surface area (Å²) in [5.74, 6) is 0.837. The molecule has 0 aromatic carbocycles. The fourth-order valence-corrected chi connectivity index (χ4v) is 2.97. The van der Waals surface area contributed by atoms with Gasteiger partial charge in [0, 0.05) is 12.7 Å². The van der Waals surface area contributed by atoms with E-state index >= 15 is 0 Å². The first-order chi connectivity index (χ1) is 10.1. The zero-order valence-electron chi connectivity index (χ0n) is 13.0. The van der Waals surface area contributed by atoms with Gasteiger partial charge in [0.1, 0.15) is 6.10 Å². The van der Waals surface area contributed by atoms with Gasteiger partial charge in [-0.2, -0.15) is 5.10 Å². The minimum Gasteiger partial charge on any atom is -0.368 e. The van der Waals surface area contributed by atoms with Crippen LogP contribution in [-0.4, -0.2) is 45.9 Å². The Hall–Kier alpha value is -1.36. The van der Waals surface area contributed by atoms with Crippen molar-refractivity contribution in [3.63, 3.8) is 0 Å². The van der Waals surface area contributed by atoms with Crippen LogP contribution < -0.4 is 0 Å². The summed E-state index contributed by atoms with van der Waals surface area (Å²) in [4.78, 5) is 14.5. The van der Waals surface area contributed by atoms with Gasteiger partial charge in [-0.3, -0.25) is 9.48 Å². The monoisotopic (exact) mass is 291 g/mol. The summed E-state index contributed by atoms with van der Waals surface area (Å²) in [5.41, 5.74) is 1.16. The Morgan fingerprint density at radius 2 is 2.29 bits per heavy atom. The van der Waals surface area contributed by atoms with Crippen molar-refractivity contribution in [1.29, 1.82) is 0 Å². The molecule has 116 valence electrons. The molecule has 2 fully saturated rings. The maximum atomic E-state index is 12.6. The molecule has 0 radical (unpaired) electrons. The number of aryl methyl sites for hydroxylation is 1. The van der Waals surface area contributed by atoms with Gasteiger partial charge in [0.15, 0.2) is 0 Å². The van der Waals surface area contributed by atoms with Crippen molar-refractivity contribution in [2.24, 2.45) is 5.92 Å². The Balaban J connectivity index is 1.55. The normalized spacial score (nSPS) is 23.5. The number of aromatic nitrogens is 2.